The summed E-state index contributed by atoms with van der Waals surface area (Å²) in [7, 11) is 1.16. The van der Waals surface area contributed by atoms with E-state index in [0.717, 1.165) is 12.0 Å². The van der Waals surface area contributed by atoms with Crippen LogP contribution in [0.2, 0.25) is 0 Å². The molecule has 2 atom stereocenters. The summed E-state index contributed by atoms with van der Waals surface area (Å²) in [6, 6.07) is 0.247. The van der Waals surface area contributed by atoms with Crippen LogP contribution in [0.4, 0.5) is 4.79 Å². The number of carboxylic acids is 1. The van der Waals surface area contributed by atoms with E-state index in [0.29, 0.717) is 12.8 Å². The average molecular weight is 198 g/mol. The molecular weight excluding hydrogens is 188 g/mol. The van der Waals surface area contributed by atoms with Gasteiger partial charge in [-0.2, -0.15) is 5.26 Å². The summed E-state index contributed by atoms with van der Waals surface area (Å²) in [6.45, 7) is 0. The van der Waals surface area contributed by atoms with Crippen LogP contribution in [0.5, 0.6) is 0 Å². The van der Waals surface area contributed by atoms with Crippen molar-refractivity contribution < 1.29 is 19.4 Å². The number of amides is 1. The second-order valence-corrected chi connectivity index (χ2v) is 2.95. The molecule has 1 amide bonds. The van der Waals surface area contributed by atoms with Crippen LogP contribution < -0.4 is 0 Å². The molecule has 1 heterocycles. The van der Waals surface area contributed by atoms with Crippen molar-refractivity contribution in [2.45, 2.75) is 24.9 Å². The van der Waals surface area contributed by atoms with Gasteiger partial charge < -0.3 is 9.84 Å². The zero-order chi connectivity index (χ0) is 10.7. The summed E-state index contributed by atoms with van der Waals surface area (Å²) in [4.78, 5) is 22.9. The minimum Gasteiger partial charge on any atom is -0.480 e. The van der Waals surface area contributed by atoms with Gasteiger partial charge in [-0.25, -0.2) is 9.59 Å². The fraction of sp³-hybridized carbons (Fsp3) is 0.625. The second kappa shape index (κ2) is 3.96. The van der Waals surface area contributed by atoms with E-state index in [2.05, 4.69) is 4.74 Å². The van der Waals surface area contributed by atoms with Crippen molar-refractivity contribution in [2.75, 3.05) is 7.11 Å². The highest BCUT2D eigenvalue weighted by Crippen LogP contribution is 2.24. The van der Waals surface area contributed by atoms with Gasteiger partial charge in [0.05, 0.1) is 13.2 Å². The highest BCUT2D eigenvalue weighted by molar-refractivity contribution is 5.81. The van der Waals surface area contributed by atoms with E-state index in [1.165, 1.54) is 0 Å². The van der Waals surface area contributed by atoms with Crippen LogP contribution in [0.1, 0.15) is 12.8 Å². The molecule has 0 spiro atoms. The fourth-order valence-corrected chi connectivity index (χ4v) is 1.54. The Morgan fingerprint density at radius 3 is 2.64 bits per heavy atom. The molecule has 6 nitrogen and oxygen atoms in total. The molecule has 1 saturated heterocycles. The number of carboxylic acid groups (broad SMARTS) is 1. The van der Waals surface area contributed by atoms with Gasteiger partial charge >= 0.3 is 12.1 Å². The molecule has 0 bridgehead atoms. The van der Waals surface area contributed by atoms with Gasteiger partial charge in [-0.05, 0) is 12.8 Å². The van der Waals surface area contributed by atoms with E-state index >= 15 is 0 Å². The van der Waals surface area contributed by atoms with Gasteiger partial charge in [0.25, 0.3) is 0 Å². The van der Waals surface area contributed by atoms with Crippen LogP contribution in [-0.4, -0.2) is 41.3 Å². The monoisotopic (exact) mass is 198 g/mol. The standard InChI is InChI=1S/C8H10N2O4/c1-14-8(13)10-5(4-9)2-3-6(10)7(11)12/h5-6H,2-3H2,1H3,(H,11,12)/t5-,6+/m1/s1. The number of aliphatic carboxylic acids is 1. The first-order chi connectivity index (χ1) is 6.61. The Labute approximate surface area is 80.7 Å². The lowest BCUT2D eigenvalue weighted by Crippen LogP contribution is -2.44. The van der Waals surface area contributed by atoms with Crippen LogP contribution in [-0.2, 0) is 9.53 Å². The van der Waals surface area contributed by atoms with Crippen LogP contribution in [0.15, 0.2) is 0 Å². The largest absolute Gasteiger partial charge is 0.480 e. The minimum absolute atomic E-state index is 0.294. The van der Waals surface area contributed by atoms with Crippen LogP contribution in [0, 0.1) is 11.3 Å². The van der Waals surface area contributed by atoms with Crippen molar-refractivity contribution in [3.05, 3.63) is 0 Å². The molecule has 1 fully saturated rings. The Balaban J connectivity index is 2.87. The maximum Gasteiger partial charge on any atom is 0.411 e. The van der Waals surface area contributed by atoms with Crippen molar-refractivity contribution in [3.8, 4) is 6.07 Å². The smallest absolute Gasteiger partial charge is 0.411 e. The van der Waals surface area contributed by atoms with Gasteiger partial charge in [0.2, 0.25) is 0 Å². The van der Waals surface area contributed by atoms with Crippen molar-refractivity contribution in [3.63, 3.8) is 0 Å². The molecule has 0 aromatic rings. The lowest BCUT2D eigenvalue weighted by atomic mass is 10.2. The molecule has 0 unspecified atom stereocenters. The van der Waals surface area contributed by atoms with E-state index in [4.69, 9.17) is 10.4 Å². The predicted octanol–water partition coefficient (Wildman–Crippen LogP) is 0.194. The molecule has 6 heteroatoms. The summed E-state index contributed by atoms with van der Waals surface area (Å²) in [6.07, 6.45) is -0.0907. The molecule has 1 aliphatic rings. The van der Waals surface area contributed by atoms with Crippen molar-refractivity contribution in [1.29, 1.82) is 5.26 Å². The Bertz CT molecular complexity index is 296. The third kappa shape index (κ3) is 1.62. The lowest BCUT2D eigenvalue weighted by molar-refractivity contribution is -0.141. The zero-order valence-electron chi connectivity index (χ0n) is 7.64. The molecule has 0 radical (unpaired) electrons. The van der Waals surface area contributed by atoms with Gasteiger partial charge in [0.15, 0.2) is 0 Å². The summed E-state index contributed by atoms with van der Waals surface area (Å²) < 4.78 is 4.42. The molecule has 76 valence electrons. The summed E-state index contributed by atoms with van der Waals surface area (Å²) in [5, 5.41) is 17.5. The predicted molar refractivity (Wildman–Crippen MR) is 44.3 cm³/mol. The third-order valence-corrected chi connectivity index (χ3v) is 2.20. The molecule has 0 aromatic carbocycles. The van der Waals surface area contributed by atoms with E-state index in [9.17, 15) is 9.59 Å². The number of hydrogen-bond acceptors (Lipinski definition) is 4. The number of rotatable bonds is 1. The number of methoxy groups -OCH3 is 1. The number of nitriles is 1. The maximum absolute atomic E-state index is 11.2. The molecule has 0 saturated carbocycles. The average Bonchev–Trinajstić information content (AvgIpc) is 2.59. The van der Waals surface area contributed by atoms with Gasteiger partial charge in [-0.1, -0.05) is 0 Å². The first kappa shape index (κ1) is 10.3. The van der Waals surface area contributed by atoms with Gasteiger partial charge in [0.1, 0.15) is 12.1 Å². The topological polar surface area (TPSA) is 90.6 Å². The number of carbonyl (C=O) groups is 2. The van der Waals surface area contributed by atoms with Crippen molar-refractivity contribution >= 4 is 12.1 Å². The van der Waals surface area contributed by atoms with Crippen molar-refractivity contribution in [1.82, 2.24) is 4.90 Å². The normalized spacial score (nSPS) is 25.6. The zero-order valence-corrected chi connectivity index (χ0v) is 7.64. The molecular formula is C8H10N2O4. The Hall–Kier alpha value is -1.77. The van der Waals surface area contributed by atoms with Crippen LogP contribution >= 0.6 is 0 Å². The van der Waals surface area contributed by atoms with E-state index in [-0.39, 0.29) is 0 Å². The van der Waals surface area contributed by atoms with Gasteiger partial charge in [0, 0.05) is 0 Å². The summed E-state index contributed by atoms with van der Waals surface area (Å²) in [5.41, 5.74) is 0. The fourth-order valence-electron chi connectivity index (χ4n) is 1.54. The minimum atomic E-state index is -1.10. The third-order valence-electron chi connectivity index (χ3n) is 2.20. The number of likely N-dealkylation sites (tertiary alicyclic amines) is 1. The van der Waals surface area contributed by atoms with Crippen molar-refractivity contribution in [2.24, 2.45) is 0 Å². The Morgan fingerprint density at radius 1 is 1.57 bits per heavy atom. The van der Waals surface area contributed by atoms with Crippen LogP contribution in [0.3, 0.4) is 0 Å². The number of carbonyl (C=O) groups excluding carboxylic acids is 1. The molecule has 0 aliphatic carbocycles. The quantitative estimate of drug-likeness (QED) is 0.649. The van der Waals surface area contributed by atoms with Crippen LogP contribution in [0.25, 0.3) is 0 Å². The Kier molecular flexibility index (Phi) is 2.92. The first-order valence-electron chi connectivity index (χ1n) is 4.10. The van der Waals surface area contributed by atoms with Gasteiger partial charge in [-0.15, -0.1) is 0 Å². The number of ether oxygens (including phenoxy) is 1. The number of hydrogen-bond donors (Lipinski definition) is 1. The number of nitrogens with zero attached hydrogens (tertiary/aromatic N) is 2. The first-order valence-corrected chi connectivity index (χ1v) is 4.10. The molecule has 0 aromatic heterocycles. The maximum atomic E-state index is 11.2. The summed E-state index contributed by atoms with van der Waals surface area (Å²) in [5.74, 6) is -1.10. The van der Waals surface area contributed by atoms with Gasteiger partial charge in [-0.3, -0.25) is 4.90 Å². The molecule has 1 aliphatic heterocycles. The second-order valence-electron chi connectivity index (χ2n) is 2.95. The SMILES string of the molecule is COC(=O)N1[C@@H](C#N)CC[C@H]1C(=O)O. The van der Waals surface area contributed by atoms with E-state index in [1.54, 1.807) is 0 Å². The Morgan fingerprint density at radius 2 is 2.21 bits per heavy atom. The summed E-state index contributed by atoms with van der Waals surface area (Å²) >= 11 is 0. The van der Waals surface area contributed by atoms with E-state index in [1.807, 2.05) is 6.07 Å². The highest BCUT2D eigenvalue weighted by atomic mass is 16.5. The van der Waals surface area contributed by atoms with E-state index < -0.39 is 24.1 Å². The molecule has 1 N–H and O–H groups in total. The molecule has 1 rings (SSSR count). The highest BCUT2D eigenvalue weighted by Gasteiger charge is 2.41. The molecule has 14 heavy (non-hydrogen) atoms. The lowest BCUT2D eigenvalue weighted by Gasteiger charge is -2.22.